The smallest absolute Gasteiger partial charge is 0.318 e. The molecule has 1 unspecified atom stereocenters. The van der Waals surface area contributed by atoms with Crippen molar-refractivity contribution in [1.29, 1.82) is 0 Å². The van der Waals surface area contributed by atoms with Crippen molar-refractivity contribution >= 4 is 6.03 Å². The fourth-order valence-corrected chi connectivity index (χ4v) is 5.41. The number of urea groups is 1. The number of halogens is 1. The normalized spacial score (nSPS) is 14.3. The Hall–Kier alpha value is -4.85. The monoisotopic (exact) mass is 535 g/mol. The van der Waals surface area contributed by atoms with Crippen LogP contribution in [0.5, 0.6) is 5.75 Å². The lowest BCUT2D eigenvalue weighted by Crippen LogP contribution is -2.41. The van der Waals surface area contributed by atoms with E-state index in [1.165, 1.54) is 12.1 Å². The number of nitrogens with one attached hydrogen (secondary N) is 1. The van der Waals surface area contributed by atoms with Gasteiger partial charge < -0.3 is 19.5 Å². The first-order valence-corrected chi connectivity index (χ1v) is 13.3. The molecule has 2 amide bonds. The Balaban J connectivity index is 1.47. The number of para-hydroxylation sites is 1. The molecule has 1 N–H and O–H groups in total. The molecule has 2 aromatic heterocycles. The van der Waals surface area contributed by atoms with Crippen LogP contribution in [0.15, 0.2) is 97.2 Å². The number of fused-ring (bicyclic) bond motifs is 3. The zero-order valence-corrected chi connectivity index (χ0v) is 22.4. The molecular weight excluding hydrogens is 505 g/mol. The standard InChI is InChI=1S/C32H30FN5O2/c1-3-28-27-21-37(32(39)34-20-22-9-7-12-26(19-22)40-2)30(23-14-16-24(33)17-15-23)29-13-8-18-36(29)31(27)38(35-28)25-10-5-4-6-11-25/h4-19,30H,3,20-21H2,1-2H3,(H,34,39). The summed E-state index contributed by atoms with van der Waals surface area (Å²) in [4.78, 5) is 15.8. The van der Waals surface area contributed by atoms with Gasteiger partial charge in [-0.05, 0) is 66.1 Å². The van der Waals surface area contributed by atoms with E-state index in [-0.39, 0.29) is 11.8 Å². The number of aromatic nitrogens is 3. The molecule has 1 atom stereocenters. The minimum Gasteiger partial charge on any atom is -0.497 e. The number of carbonyl (C=O) groups is 1. The highest BCUT2D eigenvalue weighted by atomic mass is 19.1. The van der Waals surface area contributed by atoms with E-state index in [1.54, 1.807) is 19.2 Å². The highest BCUT2D eigenvalue weighted by molar-refractivity contribution is 5.76. The van der Waals surface area contributed by atoms with Crippen LogP contribution in [0.25, 0.3) is 11.5 Å². The maximum absolute atomic E-state index is 14.0. The second-order valence-electron chi connectivity index (χ2n) is 9.75. The third kappa shape index (κ3) is 4.62. The van der Waals surface area contributed by atoms with Crippen molar-refractivity contribution < 1.29 is 13.9 Å². The number of methoxy groups -OCH3 is 1. The third-order valence-corrected chi connectivity index (χ3v) is 7.33. The molecule has 7 nitrogen and oxygen atoms in total. The quantitative estimate of drug-likeness (QED) is 0.282. The zero-order chi connectivity index (χ0) is 27.6. The summed E-state index contributed by atoms with van der Waals surface area (Å²) in [6, 6.07) is 27.3. The van der Waals surface area contributed by atoms with Crippen LogP contribution in [0.3, 0.4) is 0 Å². The number of nitrogens with zero attached hydrogens (tertiary/aromatic N) is 4. The van der Waals surface area contributed by atoms with Crippen LogP contribution in [0.4, 0.5) is 9.18 Å². The van der Waals surface area contributed by atoms with Crippen molar-refractivity contribution in [3.05, 3.63) is 131 Å². The molecule has 202 valence electrons. The molecule has 0 saturated carbocycles. The maximum atomic E-state index is 14.0. The average molecular weight is 536 g/mol. The van der Waals surface area contributed by atoms with Gasteiger partial charge in [-0.25, -0.2) is 13.9 Å². The molecule has 8 heteroatoms. The predicted molar refractivity (Wildman–Crippen MR) is 151 cm³/mol. The van der Waals surface area contributed by atoms with Crippen LogP contribution in [-0.4, -0.2) is 32.4 Å². The number of ether oxygens (including phenoxy) is 1. The van der Waals surface area contributed by atoms with Crippen molar-refractivity contribution in [3.8, 4) is 17.3 Å². The van der Waals surface area contributed by atoms with Gasteiger partial charge >= 0.3 is 6.03 Å². The molecule has 0 aliphatic carbocycles. The molecule has 0 bridgehead atoms. The molecule has 3 aromatic carbocycles. The number of amides is 2. The fraction of sp³-hybridized carbons (Fsp3) is 0.188. The molecule has 0 fully saturated rings. The van der Waals surface area contributed by atoms with E-state index in [0.717, 1.165) is 45.3 Å². The molecular formula is C32H30FN5O2. The van der Waals surface area contributed by atoms with Crippen LogP contribution in [0.2, 0.25) is 0 Å². The number of hydrogen-bond donors (Lipinski definition) is 1. The number of aryl methyl sites for hydroxylation is 1. The van der Waals surface area contributed by atoms with Crippen molar-refractivity contribution in [2.24, 2.45) is 0 Å². The summed E-state index contributed by atoms with van der Waals surface area (Å²) in [5.41, 5.74) is 5.47. The van der Waals surface area contributed by atoms with Crippen molar-refractivity contribution in [3.63, 3.8) is 0 Å². The fourth-order valence-electron chi connectivity index (χ4n) is 5.41. The highest BCUT2D eigenvalue weighted by Gasteiger charge is 2.36. The first kappa shape index (κ1) is 25.4. The first-order valence-electron chi connectivity index (χ1n) is 13.3. The first-order chi connectivity index (χ1) is 19.6. The maximum Gasteiger partial charge on any atom is 0.318 e. The summed E-state index contributed by atoms with van der Waals surface area (Å²) >= 11 is 0. The molecule has 5 aromatic rings. The molecule has 0 saturated heterocycles. The van der Waals surface area contributed by atoms with Gasteiger partial charge in [0.25, 0.3) is 0 Å². The predicted octanol–water partition coefficient (Wildman–Crippen LogP) is 6.19. The van der Waals surface area contributed by atoms with E-state index in [0.29, 0.717) is 19.5 Å². The van der Waals surface area contributed by atoms with E-state index in [2.05, 4.69) is 16.8 Å². The van der Waals surface area contributed by atoms with Crippen LogP contribution < -0.4 is 10.1 Å². The van der Waals surface area contributed by atoms with Crippen LogP contribution in [0, 0.1) is 5.82 Å². The minimum absolute atomic E-state index is 0.229. The lowest BCUT2D eigenvalue weighted by molar-refractivity contribution is 0.180. The Morgan fingerprint density at radius 3 is 2.58 bits per heavy atom. The summed E-state index contributed by atoms with van der Waals surface area (Å²) in [5, 5.41) is 8.10. The van der Waals surface area contributed by atoms with Gasteiger partial charge in [0.05, 0.1) is 36.8 Å². The lowest BCUT2D eigenvalue weighted by Gasteiger charge is -2.31. The lowest BCUT2D eigenvalue weighted by atomic mass is 10.0. The van der Waals surface area contributed by atoms with Gasteiger partial charge in [-0.15, -0.1) is 0 Å². The number of hydrogen-bond acceptors (Lipinski definition) is 3. The van der Waals surface area contributed by atoms with Gasteiger partial charge in [-0.2, -0.15) is 5.10 Å². The van der Waals surface area contributed by atoms with Gasteiger partial charge in [0, 0.05) is 18.3 Å². The molecule has 0 spiro atoms. The topological polar surface area (TPSA) is 64.3 Å². The number of carbonyl (C=O) groups excluding carboxylic acids is 1. The highest BCUT2D eigenvalue weighted by Crippen LogP contribution is 2.38. The van der Waals surface area contributed by atoms with Gasteiger partial charge in [0.1, 0.15) is 17.4 Å². The second kappa shape index (κ2) is 10.7. The Morgan fingerprint density at radius 1 is 1.02 bits per heavy atom. The van der Waals surface area contributed by atoms with E-state index in [9.17, 15) is 9.18 Å². The molecule has 1 aliphatic heterocycles. The Kier molecular flexibility index (Phi) is 6.82. The zero-order valence-electron chi connectivity index (χ0n) is 22.4. The summed E-state index contributed by atoms with van der Waals surface area (Å²) in [7, 11) is 1.62. The molecule has 40 heavy (non-hydrogen) atoms. The van der Waals surface area contributed by atoms with Crippen LogP contribution in [0.1, 0.15) is 41.0 Å². The molecule has 0 radical (unpaired) electrons. The summed E-state index contributed by atoms with van der Waals surface area (Å²) in [6.07, 6.45) is 2.71. The summed E-state index contributed by atoms with van der Waals surface area (Å²) in [6.45, 7) is 2.74. The largest absolute Gasteiger partial charge is 0.497 e. The SMILES string of the molecule is CCc1nn(-c2ccccc2)c2c1CN(C(=O)NCc1cccc(OC)c1)C(c1ccc(F)cc1)c1cccn1-2. The van der Waals surface area contributed by atoms with E-state index < -0.39 is 6.04 Å². The number of benzene rings is 3. The average Bonchev–Trinajstić information content (AvgIpc) is 3.58. The Bertz CT molecular complexity index is 1640. The minimum atomic E-state index is -0.456. The van der Waals surface area contributed by atoms with Gasteiger partial charge in [-0.3, -0.25) is 0 Å². The molecule has 6 rings (SSSR count). The third-order valence-electron chi connectivity index (χ3n) is 7.33. The van der Waals surface area contributed by atoms with Gasteiger partial charge in [-0.1, -0.05) is 49.4 Å². The van der Waals surface area contributed by atoms with Crippen molar-refractivity contribution in [2.45, 2.75) is 32.5 Å². The van der Waals surface area contributed by atoms with E-state index in [1.807, 2.05) is 82.5 Å². The van der Waals surface area contributed by atoms with Crippen molar-refractivity contribution in [1.82, 2.24) is 24.6 Å². The van der Waals surface area contributed by atoms with E-state index >= 15 is 0 Å². The summed E-state index contributed by atoms with van der Waals surface area (Å²) < 4.78 is 23.4. The van der Waals surface area contributed by atoms with Crippen molar-refractivity contribution in [2.75, 3.05) is 7.11 Å². The number of rotatable bonds is 6. The van der Waals surface area contributed by atoms with Crippen LogP contribution >= 0.6 is 0 Å². The van der Waals surface area contributed by atoms with E-state index in [4.69, 9.17) is 9.84 Å². The molecule has 3 heterocycles. The van der Waals surface area contributed by atoms with Gasteiger partial charge in [0.15, 0.2) is 0 Å². The second-order valence-corrected chi connectivity index (χ2v) is 9.75. The Labute approximate surface area is 232 Å². The Morgan fingerprint density at radius 2 is 1.82 bits per heavy atom. The van der Waals surface area contributed by atoms with Gasteiger partial charge in [0.2, 0.25) is 0 Å². The summed E-state index contributed by atoms with van der Waals surface area (Å²) in [5.74, 6) is 1.31. The molecule has 1 aliphatic rings. The van der Waals surface area contributed by atoms with Crippen LogP contribution in [-0.2, 0) is 19.5 Å².